The number of amides is 1. The van der Waals surface area contributed by atoms with Gasteiger partial charge in [0.25, 0.3) is 0 Å². The van der Waals surface area contributed by atoms with Crippen LogP contribution in [0.25, 0.3) is 0 Å². The molecule has 14 heavy (non-hydrogen) atoms. The lowest BCUT2D eigenvalue weighted by Crippen LogP contribution is -2.35. The molecule has 1 saturated heterocycles. The van der Waals surface area contributed by atoms with E-state index in [0.29, 0.717) is 11.8 Å². The smallest absolute Gasteiger partial charge is 0.222 e. The molecule has 82 valence electrons. The largest absolute Gasteiger partial charge is 0.343 e. The molecule has 0 radical (unpaired) electrons. The summed E-state index contributed by atoms with van der Waals surface area (Å²) in [5.41, 5.74) is 0. The van der Waals surface area contributed by atoms with Crippen LogP contribution >= 0.6 is 0 Å². The fraction of sp³-hybridized carbons (Fsp3) is 0.917. The SMILES string of the molecule is CC[C@@H](C)CCC(=O)N1CCCCC1. The monoisotopic (exact) mass is 197 g/mol. The van der Waals surface area contributed by atoms with Crippen molar-refractivity contribution >= 4 is 5.91 Å². The number of rotatable bonds is 4. The highest BCUT2D eigenvalue weighted by Crippen LogP contribution is 2.14. The molecule has 0 aromatic heterocycles. The molecule has 0 spiro atoms. The second-order valence-electron chi connectivity index (χ2n) is 4.49. The van der Waals surface area contributed by atoms with Crippen LogP contribution in [0.5, 0.6) is 0 Å². The van der Waals surface area contributed by atoms with Crippen LogP contribution in [-0.2, 0) is 4.79 Å². The average Bonchev–Trinajstić information content (AvgIpc) is 2.26. The lowest BCUT2D eigenvalue weighted by molar-refractivity contribution is -0.132. The minimum atomic E-state index is 0.380. The van der Waals surface area contributed by atoms with Gasteiger partial charge < -0.3 is 4.90 Å². The van der Waals surface area contributed by atoms with Crippen molar-refractivity contribution in [1.29, 1.82) is 0 Å². The molecule has 1 fully saturated rings. The molecule has 0 unspecified atom stereocenters. The number of carbonyl (C=O) groups is 1. The maximum absolute atomic E-state index is 11.7. The van der Waals surface area contributed by atoms with Crippen molar-refractivity contribution in [3.8, 4) is 0 Å². The lowest BCUT2D eigenvalue weighted by atomic mass is 10.0. The Labute approximate surface area is 87.7 Å². The Bertz CT molecular complexity index is 173. The molecule has 0 saturated carbocycles. The summed E-state index contributed by atoms with van der Waals surface area (Å²) < 4.78 is 0. The summed E-state index contributed by atoms with van der Waals surface area (Å²) in [4.78, 5) is 13.8. The first-order chi connectivity index (χ1) is 6.74. The molecule has 2 heteroatoms. The molecule has 0 aromatic rings. The van der Waals surface area contributed by atoms with E-state index in [1.807, 2.05) is 4.90 Å². The summed E-state index contributed by atoms with van der Waals surface area (Å²) in [6.45, 7) is 6.41. The highest BCUT2D eigenvalue weighted by molar-refractivity contribution is 5.76. The summed E-state index contributed by atoms with van der Waals surface area (Å²) in [5.74, 6) is 1.08. The third kappa shape index (κ3) is 3.69. The average molecular weight is 197 g/mol. The van der Waals surface area contributed by atoms with Gasteiger partial charge in [-0.2, -0.15) is 0 Å². The first-order valence-corrected chi connectivity index (χ1v) is 6.01. The van der Waals surface area contributed by atoms with Gasteiger partial charge in [0.05, 0.1) is 0 Å². The fourth-order valence-corrected chi connectivity index (χ4v) is 1.88. The number of hydrogen-bond donors (Lipinski definition) is 0. The van der Waals surface area contributed by atoms with Gasteiger partial charge in [-0.05, 0) is 31.6 Å². The molecule has 1 amide bonds. The second kappa shape index (κ2) is 6.05. The molecule has 0 bridgehead atoms. The Morgan fingerprint density at radius 1 is 1.29 bits per heavy atom. The molecule has 1 aliphatic rings. The topological polar surface area (TPSA) is 20.3 Å². The highest BCUT2D eigenvalue weighted by atomic mass is 16.2. The summed E-state index contributed by atoms with van der Waals surface area (Å²) >= 11 is 0. The van der Waals surface area contributed by atoms with Crippen LogP contribution in [0.4, 0.5) is 0 Å². The fourth-order valence-electron chi connectivity index (χ4n) is 1.88. The predicted octanol–water partition coefficient (Wildman–Crippen LogP) is 2.83. The first-order valence-electron chi connectivity index (χ1n) is 6.01. The normalized spacial score (nSPS) is 19.4. The van der Waals surface area contributed by atoms with E-state index < -0.39 is 0 Å². The van der Waals surface area contributed by atoms with Gasteiger partial charge >= 0.3 is 0 Å². The van der Waals surface area contributed by atoms with Crippen molar-refractivity contribution in [2.45, 2.75) is 52.4 Å². The number of likely N-dealkylation sites (tertiary alicyclic amines) is 1. The van der Waals surface area contributed by atoms with Crippen LogP contribution in [0.2, 0.25) is 0 Å². The van der Waals surface area contributed by atoms with E-state index in [-0.39, 0.29) is 0 Å². The summed E-state index contributed by atoms with van der Waals surface area (Å²) in [6, 6.07) is 0. The maximum atomic E-state index is 11.7. The molecule has 0 aromatic carbocycles. The van der Waals surface area contributed by atoms with E-state index in [4.69, 9.17) is 0 Å². The van der Waals surface area contributed by atoms with E-state index in [1.54, 1.807) is 0 Å². The van der Waals surface area contributed by atoms with Crippen molar-refractivity contribution in [1.82, 2.24) is 4.90 Å². The second-order valence-corrected chi connectivity index (χ2v) is 4.49. The van der Waals surface area contributed by atoms with Crippen molar-refractivity contribution in [2.75, 3.05) is 13.1 Å². The van der Waals surface area contributed by atoms with E-state index in [9.17, 15) is 4.79 Å². The summed E-state index contributed by atoms with van der Waals surface area (Å²) in [6.07, 6.45) is 6.72. The standard InChI is InChI=1S/C12H23NO/c1-3-11(2)7-8-12(14)13-9-5-4-6-10-13/h11H,3-10H2,1-2H3/t11-/m1/s1. The third-order valence-electron chi connectivity index (χ3n) is 3.26. The van der Waals surface area contributed by atoms with E-state index in [0.717, 1.165) is 25.9 Å². The van der Waals surface area contributed by atoms with Crippen LogP contribution in [0, 0.1) is 5.92 Å². The predicted molar refractivity (Wildman–Crippen MR) is 59.1 cm³/mol. The molecular weight excluding hydrogens is 174 g/mol. The van der Waals surface area contributed by atoms with Gasteiger partial charge in [0.2, 0.25) is 5.91 Å². The van der Waals surface area contributed by atoms with Crippen molar-refractivity contribution < 1.29 is 4.79 Å². The highest BCUT2D eigenvalue weighted by Gasteiger charge is 2.16. The molecule has 1 aliphatic heterocycles. The van der Waals surface area contributed by atoms with E-state index >= 15 is 0 Å². The number of hydrogen-bond acceptors (Lipinski definition) is 1. The lowest BCUT2D eigenvalue weighted by Gasteiger charge is -2.27. The van der Waals surface area contributed by atoms with Crippen LogP contribution in [0.3, 0.4) is 0 Å². The Kier molecular flexibility index (Phi) is 4.99. The van der Waals surface area contributed by atoms with Gasteiger partial charge in [0.15, 0.2) is 0 Å². The Balaban J connectivity index is 2.19. The van der Waals surface area contributed by atoms with Gasteiger partial charge in [-0.3, -0.25) is 4.79 Å². The molecule has 1 heterocycles. The minimum absolute atomic E-state index is 0.380. The molecule has 0 N–H and O–H groups in total. The number of carbonyl (C=O) groups excluding carboxylic acids is 1. The maximum Gasteiger partial charge on any atom is 0.222 e. The zero-order valence-corrected chi connectivity index (χ0v) is 9.59. The summed E-state index contributed by atoms with van der Waals surface area (Å²) in [7, 11) is 0. The van der Waals surface area contributed by atoms with Crippen LogP contribution in [0.1, 0.15) is 52.4 Å². The van der Waals surface area contributed by atoms with E-state index in [1.165, 1.54) is 25.7 Å². The van der Waals surface area contributed by atoms with Crippen molar-refractivity contribution in [2.24, 2.45) is 5.92 Å². The first kappa shape index (κ1) is 11.5. The van der Waals surface area contributed by atoms with E-state index in [2.05, 4.69) is 13.8 Å². The van der Waals surface area contributed by atoms with Crippen LogP contribution < -0.4 is 0 Å². The molecule has 1 atom stereocenters. The zero-order valence-electron chi connectivity index (χ0n) is 9.59. The quantitative estimate of drug-likeness (QED) is 0.678. The van der Waals surface area contributed by atoms with Crippen LogP contribution in [-0.4, -0.2) is 23.9 Å². The van der Waals surface area contributed by atoms with Gasteiger partial charge in [0.1, 0.15) is 0 Å². The third-order valence-corrected chi connectivity index (χ3v) is 3.26. The number of piperidine rings is 1. The molecule has 1 rings (SSSR count). The minimum Gasteiger partial charge on any atom is -0.343 e. The van der Waals surface area contributed by atoms with Crippen LogP contribution in [0.15, 0.2) is 0 Å². The Morgan fingerprint density at radius 3 is 2.50 bits per heavy atom. The summed E-state index contributed by atoms with van der Waals surface area (Å²) in [5, 5.41) is 0. The van der Waals surface area contributed by atoms with Gasteiger partial charge in [-0.1, -0.05) is 20.3 Å². The zero-order chi connectivity index (χ0) is 10.4. The molecule has 0 aliphatic carbocycles. The molecule has 2 nitrogen and oxygen atoms in total. The Morgan fingerprint density at radius 2 is 1.93 bits per heavy atom. The van der Waals surface area contributed by atoms with Gasteiger partial charge in [-0.25, -0.2) is 0 Å². The van der Waals surface area contributed by atoms with Crippen molar-refractivity contribution in [3.63, 3.8) is 0 Å². The van der Waals surface area contributed by atoms with Gasteiger partial charge in [-0.15, -0.1) is 0 Å². The Hall–Kier alpha value is -0.530. The molecular formula is C12H23NO. The number of nitrogens with zero attached hydrogens (tertiary/aromatic N) is 1. The van der Waals surface area contributed by atoms with Gasteiger partial charge in [0, 0.05) is 19.5 Å². The van der Waals surface area contributed by atoms with Crippen molar-refractivity contribution in [3.05, 3.63) is 0 Å².